The van der Waals surface area contributed by atoms with Crippen molar-refractivity contribution >= 4 is 11.7 Å². The number of methoxy groups -OCH3 is 3. The Labute approximate surface area is 167 Å². The van der Waals surface area contributed by atoms with E-state index in [-0.39, 0.29) is 11.8 Å². The van der Waals surface area contributed by atoms with E-state index in [1.165, 1.54) is 7.11 Å². The van der Waals surface area contributed by atoms with Gasteiger partial charge in [0.1, 0.15) is 5.82 Å². The first-order valence-electron chi connectivity index (χ1n) is 9.05. The first-order valence-corrected chi connectivity index (χ1v) is 9.05. The van der Waals surface area contributed by atoms with E-state index in [2.05, 4.69) is 20.6 Å². The molecular weight excluding hydrogens is 374 g/mol. The normalized spacial score (nSPS) is 15.4. The molecule has 0 spiro atoms. The first-order chi connectivity index (χ1) is 14.0. The summed E-state index contributed by atoms with van der Waals surface area (Å²) in [4.78, 5) is 12.5. The molecule has 0 saturated carbocycles. The van der Waals surface area contributed by atoms with Gasteiger partial charge in [0.2, 0.25) is 11.8 Å². The topological polar surface area (TPSA) is 100 Å². The van der Waals surface area contributed by atoms with Crippen LogP contribution < -0.4 is 19.5 Å². The number of nitrogens with one attached hydrogen (secondary N) is 1. The highest BCUT2D eigenvalue weighted by molar-refractivity contribution is 5.95. The summed E-state index contributed by atoms with van der Waals surface area (Å²) in [5.41, 5.74) is 2.69. The van der Waals surface area contributed by atoms with Gasteiger partial charge in [-0.3, -0.25) is 4.79 Å². The van der Waals surface area contributed by atoms with Gasteiger partial charge >= 0.3 is 0 Å². The number of nitrogens with zero attached hydrogens (tertiary/aromatic N) is 4. The maximum atomic E-state index is 12.5. The van der Waals surface area contributed by atoms with Crippen molar-refractivity contribution in [2.45, 2.75) is 19.3 Å². The predicted octanol–water partition coefficient (Wildman–Crippen LogP) is 2.47. The van der Waals surface area contributed by atoms with E-state index in [0.29, 0.717) is 35.4 Å². The van der Waals surface area contributed by atoms with Crippen LogP contribution in [-0.2, 0) is 4.79 Å². The van der Waals surface area contributed by atoms with Crippen molar-refractivity contribution in [3.8, 4) is 23.2 Å². The number of benzene rings is 1. The summed E-state index contributed by atoms with van der Waals surface area (Å²) in [5, 5.41) is 15.7. The highest BCUT2D eigenvalue weighted by Crippen LogP contribution is 2.42. The molecule has 0 unspecified atom stereocenters. The zero-order valence-electron chi connectivity index (χ0n) is 16.6. The Morgan fingerprint density at radius 3 is 2.48 bits per heavy atom. The van der Waals surface area contributed by atoms with Gasteiger partial charge in [-0.25, -0.2) is 0 Å². The quantitative estimate of drug-likeness (QED) is 0.708. The maximum absolute atomic E-state index is 12.5. The molecule has 3 heterocycles. The van der Waals surface area contributed by atoms with Gasteiger partial charge in [0.25, 0.3) is 0 Å². The van der Waals surface area contributed by atoms with Crippen LogP contribution >= 0.6 is 0 Å². The Morgan fingerprint density at radius 2 is 1.83 bits per heavy atom. The Hall–Kier alpha value is -3.62. The Morgan fingerprint density at radius 1 is 1.03 bits per heavy atom. The van der Waals surface area contributed by atoms with E-state index in [1.54, 1.807) is 31.0 Å². The van der Waals surface area contributed by atoms with Crippen molar-refractivity contribution in [1.29, 1.82) is 0 Å². The molecule has 4 rings (SSSR count). The van der Waals surface area contributed by atoms with Crippen LogP contribution in [0.25, 0.3) is 5.82 Å². The molecule has 3 aromatic rings. The zero-order chi connectivity index (χ0) is 20.5. The molecule has 0 bridgehead atoms. The van der Waals surface area contributed by atoms with Crippen molar-refractivity contribution < 1.29 is 19.0 Å². The lowest BCUT2D eigenvalue weighted by Crippen LogP contribution is -2.25. The molecule has 1 atom stereocenters. The summed E-state index contributed by atoms with van der Waals surface area (Å²) < 4.78 is 17.4. The highest BCUT2D eigenvalue weighted by atomic mass is 16.5. The molecule has 1 N–H and O–H groups in total. The maximum Gasteiger partial charge on any atom is 0.233 e. The van der Waals surface area contributed by atoms with Crippen molar-refractivity contribution in [1.82, 2.24) is 20.0 Å². The molecule has 9 heteroatoms. The van der Waals surface area contributed by atoms with Crippen molar-refractivity contribution in [3.63, 3.8) is 0 Å². The van der Waals surface area contributed by atoms with Crippen LogP contribution in [0.5, 0.6) is 17.4 Å². The fraction of sp³-hybridized carbons (Fsp3) is 0.300. The third kappa shape index (κ3) is 3.24. The molecule has 0 fully saturated rings. The second-order valence-corrected chi connectivity index (χ2v) is 6.61. The number of hydrogen-bond donors (Lipinski definition) is 1. The number of anilines is 1. The third-order valence-corrected chi connectivity index (χ3v) is 4.96. The fourth-order valence-electron chi connectivity index (χ4n) is 3.60. The molecule has 0 aliphatic carbocycles. The molecular formula is C20H21N5O4. The van der Waals surface area contributed by atoms with Crippen LogP contribution in [-0.4, -0.2) is 47.2 Å². The standard InChI is InChI=1S/C20H21N5O4/c1-11-19-13(12-5-6-14(27-2)15(9-12)28-3)10-17(26)21-20(19)25(24-11)16-7-8-18(29-4)23-22-16/h5-9,13H,10H2,1-4H3,(H,21,26)/t13-/m1/s1. The number of aryl methyl sites for hydroxylation is 1. The molecule has 0 saturated heterocycles. The summed E-state index contributed by atoms with van der Waals surface area (Å²) in [5.74, 6) is 2.47. The average Bonchev–Trinajstić information content (AvgIpc) is 3.08. The summed E-state index contributed by atoms with van der Waals surface area (Å²) in [6.45, 7) is 1.91. The minimum absolute atomic E-state index is 0.0973. The molecule has 2 aromatic heterocycles. The number of carbonyl (C=O) groups excluding carboxylic acids is 1. The Balaban J connectivity index is 1.81. The SMILES string of the molecule is COc1ccc(-n2nc(C)c3c2NC(=O)C[C@@H]3c2ccc(OC)c(OC)c2)nn1. The Kier molecular flexibility index (Phi) is 4.79. The second kappa shape index (κ2) is 7.42. The van der Waals surface area contributed by atoms with Crippen molar-refractivity contribution in [2.75, 3.05) is 26.6 Å². The molecule has 0 radical (unpaired) electrons. The van der Waals surface area contributed by atoms with Gasteiger partial charge in [0, 0.05) is 24.0 Å². The van der Waals surface area contributed by atoms with E-state index in [0.717, 1.165) is 16.8 Å². The molecule has 1 aromatic carbocycles. The average molecular weight is 395 g/mol. The number of rotatable bonds is 5. The van der Waals surface area contributed by atoms with E-state index in [4.69, 9.17) is 14.2 Å². The van der Waals surface area contributed by atoms with Crippen LogP contribution in [0.15, 0.2) is 30.3 Å². The van der Waals surface area contributed by atoms with Gasteiger partial charge in [-0.05, 0) is 30.7 Å². The number of carbonyl (C=O) groups is 1. The van der Waals surface area contributed by atoms with Gasteiger partial charge in [-0.2, -0.15) is 9.78 Å². The predicted molar refractivity (Wildman–Crippen MR) is 105 cm³/mol. The molecule has 29 heavy (non-hydrogen) atoms. The lowest BCUT2D eigenvalue weighted by molar-refractivity contribution is -0.116. The van der Waals surface area contributed by atoms with Gasteiger partial charge in [-0.15, -0.1) is 10.2 Å². The van der Waals surface area contributed by atoms with Crippen LogP contribution in [0.1, 0.15) is 29.2 Å². The van der Waals surface area contributed by atoms with Gasteiger partial charge in [0.15, 0.2) is 17.3 Å². The molecule has 1 aliphatic rings. The van der Waals surface area contributed by atoms with Crippen LogP contribution in [0.2, 0.25) is 0 Å². The number of hydrogen-bond acceptors (Lipinski definition) is 7. The Bertz CT molecular complexity index is 1060. The smallest absolute Gasteiger partial charge is 0.233 e. The largest absolute Gasteiger partial charge is 0.493 e. The monoisotopic (exact) mass is 395 g/mol. The number of ether oxygens (including phenoxy) is 3. The van der Waals surface area contributed by atoms with Gasteiger partial charge in [-0.1, -0.05) is 6.07 Å². The summed E-state index contributed by atoms with van der Waals surface area (Å²) >= 11 is 0. The summed E-state index contributed by atoms with van der Waals surface area (Å²) in [6.07, 6.45) is 0.309. The van der Waals surface area contributed by atoms with Crippen molar-refractivity contribution in [2.24, 2.45) is 0 Å². The molecule has 9 nitrogen and oxygen atoms in total. The van der Waals surface area contributed by atoms with E-state index in [9.17, 15) is 4.79 Å². The fourth-order valence-corrected chi connectivity index (χ4v) is 3.60. The third-order valence-electron chi connectivity index (χ3n) is 4.96. The van der Waals surface area contributed by atoms with Crippen molar-refractivity contribution in [3.05, 3.63) is 47.2 Å². The molecule has 1 aliphatic heterocycles. The minimum atomic E-state index is -0.168. The first kappa shape index (κ1) is 18.7. The molecule has 150 valence electrons. The lowest BCUT2D eigenvalue weighted by atomic mass is 9.85. The van der Waals surface area contributed by atoms with Crippen LogP contribution in [0.4, 0.5) is 5.82 Å². The number of fused-ring (bicyclic) bond motifs is 1. The number of aromatic nitrogens is 4. The molecule has 1 amide bonds. The highest BCUT2D eigenvalue weighted by Gasteiger charge is 2.33. The number of amides is 1. The van der Waals surface area contributed by atoms with Crippen LogP contribution in [0, 0.1) is 6.92 Å². The van der Waals surface area contributed by atoms with Gasteiger partial charge < -0.3 is 19.5 Å². The zero-order valence-corrected chi connectivity index (χ0v) is 16.6. The van der Waals surface area contributed by atoms with Crippen LogP contribution in [0.3, 0.4) is 0 Å². The lowest BCUT2D eigenvalue weighted by Gasteiger charge is -2.24. The van der Waals surface area contributed by atoms with E-state index < -0.39 is 0 Å². The van der Waals surface area contributed by atoms with E-state index >= 15 is 0 Å². The van der Waals surface area contributed by atoms with E-state index in [1.807, 2.05) is 25.1 Å². The summed E-state index contributed by atoms with van der Waals surface area (Å²) in [7, 11) is 4.71. The minimum Gasteiger partial charge on any atom is -0.493 e. The summed E-state index contributed by atoms with van der Waals surface area (Å²) in [6, 6.07) is 9.12. The van der Waals surface area contributed by atoms with Gasteiger partial charge in [0.05, 0.1) is 27.0 Å². The second-order valence-electron chi connectivity index (χ2n) is 6.61.